The Morgan fingerprint density at radius 3 is 2.63 bits per heavy atom. The van der Waals surface area contributed by atoms with Crippen LogP contribution in [0.3, 0.4) is 0 Å². The molecule has 0 unspecified atom stereocenters. The molecule has 1 aromatic heterocycles. The van der Waals surface area contributed by atoms with Crippen molar-refractivity contribution in [2.75, 3.05) is 11.9 Å². The second kappa shape index (κ2) is 5.06. The number of nitrogens with zero attached hydrogens (tertiary/aromatic N) is 2. The van der Waals surface area contributed by atoms with E-state index in [0.29, 0.717) is 17.1 Å². The Hall–Kier alpha value is -2.43. The molecule has 0 radical (unpaired) electrons. The monoisotopic (exact) mass is 258 g/mol. The van der Waals surface area contributed by atoms with Crippen molar-refractivity contribution < 1.29 is 4.39 Å². The highest BCUT2D eigenvalue weighted by Gasteiger charge is 2.17. The summed E-state index contributed by atoms with van der Waals surface area (Å²) in [6.45, 7) is 1.84. The molecule has 0 spiro atoms. The van der Waals surface area contributed by atoms with Crippen molar-refractivity contribution in [3.63, 3.8) is 0 Å². The standard InChI is InChI=1S/C14H15FN4/c1-9-7-8-18-14(12(9)13(16)17)19(2)11-6-4-3-5-10(11)15/h3-8H,1-2H3,(H3,16,17). The largest absolute Gasteiger partial charge is 0.384 e. The Bertz CT molecular complexity index is 625. The molecule has 0 aliphatic carbocycles. The topological polar surface area (TPSA) is 66.0 Å². The molecule has 98 valence electrons. The molecule has 2 aromatic rings. The molecule has 0 bridgehead atoms. The predicted octanol–water partition coefficient (Wildman–Crippen LogP) is 2.58. The maximum atomic E-state index is 13.8. The van der Waals surface area contributed by atoms with Crippen molar-refractivity contribution in [3.05, 3.63) is 53.5 Å². The molecule has 4 nitrogen and oxygen atoms in total. The maximum Gasteiger partial charge on any atom is 0.146 e. The van der Waals surface area contributed by atoms with Gasteiger partial charge in [0.2, 0.25) is 0 Å². The minimum atomic E-state index is -0.345. The third-order valence-corrected chi connectivity index (χ3v) is 2.94. The minimum absolute atomic E-state index is 0.0798. The number of para-hydroxylation sites is 1. The van der Waals surface area contributed by atoms with Gasteiger partial charge in [-0.2, -0.15) is 0 Å². The Labute approximate surface area is 111 Å². The van der Waals surface area contributed by atoms with Crippen LogP contribution in [-0.4, -0.2) is 17.9 Å². The number of hydrogen-bond acceptors (Lipinski definition) is 3. The highest BCUT2D eigenvalue weighted by Crippen LogP contribution is 2.28. The summed E-state index contributed by atoms with van der Waals surface area (Å²) in [6, 6.07) is 8.19. The Morgan fingerprint density at radius 1 is 1.32 bits per heavy atom. The zero-order valence-corrected chi connectivity index (χ0v) is 10.8. The summed E-state index contributed by atoms with van der Waals surface area (Å²) in [5.74, 6) is 0.0456. The molecule has 3 N–H and O–H groups in total. The van der Waals surface area contributed by atoms with Gasteiger partial charge in [0.1, 0.15) is 17.5 Å². The number of halogens is 1. The van der Waals surface area contributed by atoms with Crippen molar-refractivity contribution >= 4 is 17.3 Å². The number of anilines is 2. The van der Waals surface area contributed by atoms with Crippen molar-refractivity contribution in [1.82, 2.24) is 4.98 Å². The van der Waals surface area contributed by atoms with E-state index in [2.05, 4.69) is 4.98 Å². The molecule has 5 heteroatoms. The van der Waals surface area contributed by atoms with Gasteiger partial charge in [0.25, 0.3) is 0 Å². The molecule has 0 atom stereocenters. The van der Waals surface area contributed by atoms with Gasteiger partial charge < -0.3 is 10.6 Å². The Morgan fingerprint density at radius 2 is 2.00 bits per heavy atom. The molecule has 0 saturated carbocycles. The van der Waals surface area contributed by atoms with Gasteiger partial charge in [-0.3, -0.25) is 5.41 Å². The lowest BCUT2D eigenvalue weighted by atomic mass is 10.1. The SMILES string of the molecule is Cc1ccnc(N(C)c2ccccc2F)c1C(=N)N. The van der Waals surface area contributed by atoms with Crippen molar-refractivity contribution in [2.45, 2.75) is 6.92 Å². The van der Waals surface area contributed by atoms with E-state index in [1.54, 1.807) is 42.4 Å². The highest BCUT2D eigenvalue weighted by atomic mass is 19.1. The first kappa shape index (κ1) is 13.0. The van der Waals surface area contributed by atoms with Crippen molar-refractivity contribution in [1.29, 1.82) is 5.41 Å². The fraction of sp³-hybridized carbons (Fsp3) is 0.143. The molecule has 19 heavy (non-hydrogen) atoms. The predicted molar refractivity (Wildman–Crippen MR) is 74.5 cm³/mol. The number of aryl methyl sites for hydroxylation is 1. The number of amidine groups is 1. The van der Waals surface area contributed by atoms with Crippen LogP contribution >= 0.6 is 0 Å². The van der Waals surface area contributed by atoms with Crippen LogP contribution in [0, 0.1) is 18.2 Å². The zero-order chi connectivity index (χ0) is 14.0. The van der Waals surface area contributed by atoms with Crippen LogP contribution in [0.25, 0.3) is 0 Å². The van der Waals surface area contributed by atoms with E-state index in [9.17, 15) is 4.39 Å². The van der Waals surface area contributed by atoms with Crippen molar-refractivity contribution in [3.8, 4) is 0 Å². The first-order chi connectivity index (χ1) is 9.02. The van der Waals surface area contributed by atoms with Crippen LogP contribution in [0.2, 0.25) is 0 Å². The molecule has 1 heterocycles. The van der Waals surface area contributed by atoms with Crippen molar-refractivity contribution in [2.24, 2.45) is 5.73 Å². The summed E-state index contributed by atoms with van der Waals surface area (Å²) in [5, 5.41) is 7.64. The molecule has 0 aliphatic heterocycles. The lowest BCUT2D eigenvalue weighted by Gasteiger charge is -2.22. The van der Waals surface area contributed by atoms with E-state index in [-0.39, 0.29) is 11.7 Å². The van der Waals surface area contributed by atoms with Crippen LogP contribution in [0.5, 0.6) is 0 Å². The van der Waals surface area contributed by atoms with Gasteiger partial charge in [0, 0.05) is 13.2 Å². The maximum absolute atomic E-state index is 13.8. The van der Waals surface area contributed by atoms with E-state index in [1.807, 2.05) is 6.92 Å². The zero-order valence-electron chi connectivity index (χ0n) is 10.8. The van der Waals surface area contributed by atoms with Gasteiger partial charge in [-0.25, -0.2) is 9.37 Å². The molecular weight excluding hydrogens is 243 g/mol. The molecular formula is C14H15FN4. The number of nitrogen functional groups attached to an aromatic ring is 1. The van der Waals surface area contributed by atoms with Gasteiger partial charge in [0.05, 0.1) is 11.3 Å². The first-order valence-electron chi connectivity index (χ1n) is 5.80. The van der Waals surface area contributed by atoms with E-state index < -0.39 is 0 Å². The lowest BCUT2D eigenvalue weighted by molar-refractivity contribution is 0.627. The number of rotatable bonds is 3. The normalized spacial score (nSPS) is 10.3. The molecule has 1 aromatic carbocycles. The third-order valence-electron chi connectivity index (χ3n) is 2.94. The van der Waals surface area contributed by atoms with E-state index in [1.165, 1.54) is 6.07 Å². The lowest BCUT2D eigenvalue weighted by Crippen LogP contribution is -2.21. The summed E-state index contributed by atoms with van der Waals surface area (Å²) in [4.78, 5) is 5.81. The number of hydrogen-bond donors (Lipinski definition) is 2. The van der Waals surface area contributed by atoms with Gasteiger partial charge in [-0.05, 0) is 30.7 Å². The van der Waals surface area contributed by atoms with E-state index in [0.717, 1.165) is 5.56 Å². The fourth-order valence-corrected chi connectivity index (χ4v) is 1.97. The van der Waals surface area contributed by atoms with E-state index in [4.69, 9.17) is 11.1 Å². The summed E-state index contributed by atoms with van der Waals surface area (Å²) in [7, 11) is 1.70. The number of nitrogens with two attached hydrogens (primary N) is 1. The highest BCUT2D eigenvalue weighted by molar-refractivity contribution is 6.01. The quantitative estimate of drug-likeness (QED) is 0.657. The van der Waals surface area contributed by atoms with Crippen LogP contribution in [0.4, 0.5) is 15.9 Å². The summed E-state index contributed by atoms with van der Waals surface area (Å²) < 4.78 is 13.8. The third kappa shape index (κ3) is 2.40. The van der Waals surface area contributed by atoms with Crippen LogP contribution in [0.15, 0.2) is 36.5 Å². The van der Waals surface area contributed by atoms with Crippen LogP contribution < -0.4 is 10.6 Å². The molecule has 0 fully saturated rings. The number of pyridine rings is 1. The van der Waals surface area contributed by atoms with Gasteiger partial charge in [-0.1, -0.05) is 12.1 Å². The van der Waals surface area contributed by atoms with E-state index >= 15 is 0 Å². The second-order valence-corrected chi connectivity index (χ2v) is 4.25. The smallest absolute Gasteiger partial charge is 0.146 e. The van der Waals surface area contributed by atoms with Crippen LogP contribution in [-0.2, 0) is 0 Å². The number of benzene rings is 1. The van der Waals surface area contributed by atoms with Crippen LogP contribution in [0.1, 0.15) is 11.1 Å². The minimum Gasteiger partial charge on any atom is -0.384 e. The Balaban J connectivity index is 2.57. The number of nitrogens with one attached hydrogen (secondary N) is 1. The fourth-order valence-electron chi connectivity index (χ4n) is 1.97. The molecule has 2 rings (SSSR count). The average molecular weight is 258 g/mol. The Kier molecular flexibility index (Phi) is 3.46. The summed E-state index contributed by atoms with van der Waals surface area (Å²) in [5.41, 5.74) is 7.34. The van der Waals surface area contributed by atoms with Gasteiger partial charge in [0.15, 0.2) is 0 Å². The average Bonchev–Trinajstić information content (AvgIpc) is 2.37. The number of aromatic nitrogens is 1. The first-order valence-corrected chi connectivity index (χ1v) is 5.80. The van der Waals surface area contributed by atoms with Gasteiger partial charge >= 0.3 is 0 Å². The summed E-state index contributed by atoms with van der Waals surface area (Å²) >= 11 is 0. The molecule has 0 amide bonds. The molecule has 0 aliphatic rings. The second-order valence-electron chi connectivity index (χ2n) is 4.25. The van der Waals surface area contributed by atoms with Gasteiger partial charge in [-0.15, -0.1) is 0 Å². The summed E-state index contributed by atoms with van der Waals surface area (Å²) in [6.07, 6.45) is 1.62. The molecule has 0 saturated heterocycles.